The number of carbonyl (C=O) groups is 2. The Morgan fingerprint density at radius 2 is 1.97 bits per heavy atom. The number of rotatable bonds is 6. The van der Waals surface area contributed by atoms with Crippen LogP contribution in [0.2, 0.25) is 0 Å². The van der Waals surface area contributed by atoms with Crippen molar-refractivity contribution in [1.82, 2.24) is 14.3 Å². The number of esters is 1. The summed E-state index contributed by atoms with van der Waals surface area (Å²) in [6.45, 7) is 9.38. The highest BCUT2D eigenvalue weighted by atomic mass is 19.3. The minimum atomic E-state index is -2.61. The van der Waals surface area contributed by atoms with E-state index < -0.39 is 12.4 Å². The summed E-state index contributed by atoms with van der Waals surface area (Å²) in [7, 11) is 1.33. The molecule has 1 aromatic carbocycles. The maximum absolute atomic E-state index is 13.4. The molecule has 2 aromatic heterocycles. The molecule has 4 rings (SSSR count). The average Bonchev–Trinajstić information content (AvgIpc) is 3.19. The number of alkyl halides is 2. The van der Waals surface area contributed by atoms with Crippen molar-refractivity contribution in [2.45, 2.75) is 53.1 Å². The normalized spacial score (nSPS) is 16.4. The van der Waals surface area contributed by atoms with E-state index in [0.717, 1.165) is 16.8 Å². The van der Waals surface area contributed by atoms with Crippen LogP contribution in [0.1, 0.15) is 60.8 Å². The van der Waals surface area contributed by atoms with Gasteiger partial charge in [-0.05, 0) is 42.2 Å². The maximum Gasteiger partial charge on any atom is 0.337 e. The van der Waals surface area contributed by atoms with Gasteiger partial charge in [0.15, 0.2) is 0 Å². The van der Waals surface area contributed by atoms with Gasteiger partial charge in [-0.15, -0.1) is 0 Å². The van der Waals surface area contributed by atoms with Gasteiger partial charge in [-0.3, -0.25) is 4.79 Å². The number of fused-ring (bicyclic) bond motifs is 1. The Bertz CT molecular complexity index is 1310. The average molecular weight is 514 g/mol. The van der Waals surface area contributed by atoms with Gasteiger partial charge in [0, 0.05) is 43.3 Å². The molecule has 0 saturated carbocycles. The number of ether oxygens (including phenoxy) is 2. The molecule has 0 unspecified atom stereocenters. The number of hydrogen-bond donors (Lipinski definition) is 0. The van der Waals surface area contributed by atoms with Gasteiger partial charge in [-0.2, -0.15) is 0 Å². The number of carbonyl (C=O) groups excluding carboxylic acids is 2. The second kappa shape index (κ2) is 10.6. The first-order valence-corrected chi connectivity index (χ1v) is 12.3. The lowest BCUT2D eigenvalue weighted by atomic mass is 9.91. The van der Waals surface area contributed by atoms with E-state index in [1.807, 2.05) is 32.6 Å². The third kappa shape index (κ3) is 5.98. The Morgan fingerprint density at radius 1 is 1.22 bits per heavy atom. The monoisotopic (exact) mass is 513 g/mol. The number of morpholine rings is 1. The van der Waals surface area contributed by atoms with Crippen molar-refractivity contribution in [1.29, 1.82) is 0 Å². The molecule has 0 bridgehead atoms. The number of aromatic nitrogens is 2. The van der Waals surface area contributed by atoms with Crippen molar-refractivity contribution in [3.8, 4) is 11.3 Å². The van der Waals surface area contributed by atoms with Crippen LogP contribution < -0.4 is 0 Å². The van der Waals surface area contributed by atoms with Crippen molar-refractivity contribution in [2.24, 2.45) is 5.41 Å². The summed E-state index contributed by atoms with van der Waals surface area (Å²) in [4.78, 5) is 31.4. The maximum atomic E-state index is 13.4. The van der Waals surface area contributed by atoms with Gasteiger partial charge in [0.2, 0.25) is 5.91 Å². The molecule has 198 valence electrons. The number of methoxy groups -OCH3 is 1. The molecule has 1 aliphatic rings. The lowest BCUT2D eigenvalue weighted by Crippen LogP contribution is -2.47. The number of nitrogens with zero attached hydrogens (tertiary/aromatic N) is 3. The van der Waals surface area contributed by atoms with Gasteiger partial charge in [0.1, 0.15) is 5.65 Å². The second-order valence-corrected chi connectivity index (χ2v) is 10.7. The Balaban J connectivity index is 1.71. The molecule has 0 spiro atoms. The van der Waals surface area contributed by atoms with Crippen LogP contribution in [0.3, 0.4) is 0 Å². The highest BCUT2D eigenvalue weighted by Crippen LogP contribution is 2.31. The largest absolute Gasteiger partial charge is 0.465 e. The van der Waals surface area contributed by atoms with E-state index in [0.29, 0.717) is 49.4 Å². The van der Waals surface area contributed by atoms with E-state index in [4.69, 9.17) is 14.5 Å². The number of hydrogen-bond acceptors (Lipinski definition) is 5. The van der Waals surface area contributed by atoms with Crippen molar-refractivity contribution in [3.63, 3.8) is 0 Å². The summed E-state index contributed by atoms with van der Waals surface area (Å²) in [6, 6.07) is 7.96. The number of halogens is 2. The SMILES string of the molecule is COC(=O)c1ccc(-c2nc3cc(C(F)F)ccn3c2C[C@H]2CN(C(=O)CC(C)(C)C)CCO2)c(C)c1. The van der Waals surface area contributed by atoms with Gasteiger partial charge in [0.05, 0.1) is 36.8 Å². The van der Waals surface area contributed by atoms with Crippen LogP contribution in [-0.4, -0.2) is 59.1 Å². The fourth-order valence-electron chi connectivity index (χ4n) is 4.68. The van der Waals surface area contributed by atoms with Crippen molar-refractivity contribution in [3.05, 3.63) is 58.9 Å². The van der Waals surface area contributed by atoms with E-state index >= 15 is 0 Å². The highest BCUT2D eigenvalue weighted by Gasteiger charge is 2.29. The van der Waals surface area contributed by atoms with E-state index in [1.165, 1.54) is 19.2 Å². The van der Waals surface area contributed by atoms with E-state index in [9.17, 15) is 18.4 Å². The smallest absolute Gasteiger partial charge is 0.337 e. The first kappa shape index (κ1) is 26.7. The first-order chi connectivity index (χ1) is 17.5. The minimum absolute atomic E-state index is 0.0926. The van der Waals surface area contributed by atoms with E-state index in [1.54, 1.807) is 28.8 Å². The molecule has 37 heavy (non-hydrogen) atoms. The first-order valence-electron chi connectivity index (χ1n) is 12.3. The summed E-state index contributed by atoms with van der Waals surface area (Å²) in [6.07, 6.45) is -0.406. The van der Waals surface area contributed by atoms with Gasteiger partial charge in [-0.1, -0.05) is 26.8 Å². The Labute approximate surface area is 215 Å². The predicted octanol–water partition coefficient (Wildman–Crippen LogP) is 5.24. The zero-order valence-corrected chi connectivity index (χ0v) is 21.9. The summed E-state index contributed by atoms with van der Waals surface area (Å²) in [5.74, 6) is -0.350. The number of imidazole rings is 1. The summed E-state index contributed by atoms with van der Waals surface area (Å²) in [5.41, 5.74) is 3.59. The molecule has 7 nitrogen and oxygen atoms in total. The molecular weight excluding hydrogens is 480 g/mol. The Hall–Kier alpha value is -3.33. The Morgan fingerprint density at radius 3 is 2.62 bits per heavy atom. The van der Waals surface area contributed by atoms with Crippen LogP contribution in [0.15, 0.2) is 36.5 Å². The molecule has 0 aliphatic carbocycles. The molecule has 3 aromatic rings. The summed E-state index contributed by atoms with van der Waals surface area (Å²) >= 11 is 0. The summed E-state index contributed by atoms with van der Waals surface area (Å²) < 4.78 is 39.5. The van der Waals surface area contributed by atoms with Crippen LogP contribution in [0.25, 0.3) is 16.9 Å². The second-order valence-electron chi connectivity index (χ2n) is 10.7. The fourth-order valence-corrected chi connectivity index (χ4v) is 4.68. The molecule has 0 N–H and O–H groups in total. The van der Waals surface area contributed by atoms with Crippen molar-refractivity contribution < 1.29 is 27.8 Å². The lowest BCUT2D eigenvalue weighted by molar-refractivity contribution is -0.140. The number of pyridine rings is 1. The van der Waals surface area contributed by atoms with Crippen LogP contribution in [0.5, 0.6) is 0 Å². The van der Waals surface area contributed by atoms with Gasteiger partial charge >= 0.3 is 5.97 Å². The third-order valence-corrected chi connectivity index (χ3v) is 6.50. The zero-order valence-electron chi connectivity index (χ0n) is 21.9. The molecule has 9 heteroatoms. The number of amides is 1. The molecule has 0 radical (unpaired) electrons. The summed E-state index contributed by atoms with van der Waals surface area (Å²) in [5, 5.41) is 0. The highest BCUT2D eigenvalue weighted by molar-refractivity contribution is 5.90. The molecule has 1 atom stereocenters. The molecule has 3 heterocycles. The van der Waals surface area contributed by atoms with Crippen LogP contribution in [0.4, 0.5) is 8.78 Å². The lowest BCUT2D eigenvalue weighted by Gasteiger charge is -2.34. The third-order valence-electron chi connectivity index (χ3n) is 6.50. The van der Waals surface area contributed by atoms with Crippen molar-refractivity contribution in [2.75, 3.05) is 26.8 Å². The molecular formula is C28H33F2N3O4. The number of benzene rings is 1. The van der Waals surface area contributed by atoms with Gasteiger partial charge < -0.3 is 18.8 Å². The quantitative estimate of drug-likeness (QED) is 0.422. The molecule has 1 amide bonds. The van der Waals surface area contributed by atoms with Gasteiger partial charge in [0.25, 0.3) is 6.43 Å². The predicted molar refractivity (Wildman–Crippen MR) is 136 cm³/mol. The Kier molecular flexibility index (Phi) is 7.64. The zero-order chi connectivity index (χ0) is 26.9. The topological polar surface area (TPSA) is 73.1 Å². The van der Waals surface area contributed by atoms with Gasteiger partial charge in [-0.25, -0.2) is 18.6 Å². The molecule has 1 fully saturated rings. The molecule has 1 aliphatic heterocycles. The standard InChI is InChI=1S/C28H33F2N3O4/c1-17-12-19(27(35)36-5)6-7-21(17)25-22(33-9-8-18(26(29)30)13-23(33)31-25)14-20-16-32(10-11-37-20)24(34)15-28(2,3)4/h6-9,12-13,20,26H,10-11,14-16H2,1-5H3/t20-/m0/s1. The van der Waals surface area contributed by atoms with E-state index in [2.05, 4.69) is 0 Å². The van der Waals surface area contributed by atoms with Crippen molar-refractivity contribution >= 4 is 17.5 Å². The minimum Gasteiger partial charge on any atom is -0.465 e. The van der Waals surface area contributed by atoms with Crippen LogP contribution in [-0.2, 0) is 20.7 Å². The number of aryl methyl sites for hydroxylation is 1. The van der Waals surface area contributed by atoms with E-state index in [-0.39, 0.29) is 23.0 Å². The van der Waals surface area contributed by atoms with Crippen LogP contribution in [0, 0.1) is 12.3 Å². The molecule has 1 saturated heterocycles. The fraction of sp³-hybridized carbons (Fsp3) is 0.464. The van der Waals surface area contributed by atoms with Crippen LogP contribution >= 0.6 is 0 Å².